The summed E-state index contributed by atoms with van der Waals surface area (Å²) in [6.45, 7) is 2.21. The first-order valence-electron chi connectivity index (χ1n) is 6.29. The molecule has 0 N–H and O–H groups in total. The van der Waals surface area contributed by atoms with Gasteiger partial charge in [0.1, 0.15) is 0 Å². The molecule has 0 heterocycles. The molecule has 2 heteroatoms. The maximum absolute atomic E-state index is 3.51. The van der Waals surface area contributed by atoms with Gasteiger partial charge in [0, 0.05) is 22.9 Å². The summed E-state index contributed by atoms with van der Waals surface area (Å²) in [7, 11) is 2.09. The molecule has 0 fully saturated rings. The van der Waals surface area contributed by atoms with E-state index < -0.39 is 0 Å². The molecule has 2 aromatic carbocycles. The lowest BCUT2D eigenvalue weighted by Gasteiger charge is -2.20. The Labute approximate surface area is 118 Å². The van der Waals surface area contributed by atoms with Crippen LogP contribution in [0.5, 0.6) is 0 Å². The predicted molar refractivity (Wildman–Crippen MR) is 82.6 cm³/mol. The summed E-state index contributed by atoms with van der Waals surface area (Å²) in [6.07, 6.45) is 2.35. The largest absolute Gasteiger partial charge is 0.345 e. The molecule has 0 saturated heterocycles. The van der Waals surface area contributed by atoms with Gasteiger partial charge in [0.15, 0.2) is 0 Å². The third-order valence-electron chi connectivity index (χ3n) is 3.06. The Morgan fingerprint density at radius 3 is 2.33 bits per heavy atom. The highest BCUT2D eigenvalue weighted by molar-refractivity contribution is 9.10. The maximum Gasteiger partial charge on any atom is 0.0419 e. The molecule has 0 amide bonds. The van der Waals surface area contributed by atoms with Gasteiger partial charge in [-0.1, -0.05) is 47.5 Å². The lowest BCUT2D eigenvalue weighted by atomic mass is 10.1. The summed E-state index contributed by atoms with van der Waals surface area (Å²) in [5.74, 6) is 0. The molecule has 0 atom stereocenters. The zero-order valence-corrected chi connectivity index (χ0v) is 12.4. The molecule has 2 rings (SSSR count). The number of halogens is 1. The Morgan fingerprint density at radius 1 is 1.00 bits per heavy atom. The lowest BCUT2D eigenvalue weighted by molar-refractivity contribution is 0.921. The molecule has 0 aromatic heterocycles. The number of rotatable bonds is 4. The van der Waals surface area contributed by atoms with Crippen molar-refractivity contribution < 1.29 is 0 Å². The van der Waals surface area contributed by atoms with Crippen LogP contribution in [0.2, 0.25) is 0 Å². The van der Waals surface area contributed by atoms with E-state index in [1.54, 1.807) is 0 Å². The second-order valence-corrected chi connectivity index (χ2v) is 5.37. The van der Waals surface area contributed by atoms with Gasteiger partial charge in [0.05, 0.1) is 0 Å². The average Bonchev–Trinajstić information content (AvgIpc) is 2.39. The van der Waals surface area contributed by atoms with Crippen molar-refractivity contribution in [2.75, 3.05) is 11.9 Å². The molecule has 2 aromatic rings. The van der Waals surface area contributed by atoms with Crippen LogP contribution in [-0.4, -0.2) is 7.05 Å². The molecule has 0 bridgehead atoms. The third kappa shape index (κ3) is 3.14. The number of aryl methyl sites for hydroxylation is 1. The van der Waals surface area contributed by atoms with Crippen LogP contribution < -0.4 is 4.90 Å². The van der Waals surface area contributed by atoms with Gasteiger partial charge in [-0.15, -0.1) is 0 Å². The zero-order chi connectivity index (χ0) is 13.0. The summed E-state index contributed by atoms with van der Waals surface area (Å²) >= 11 is 3.51. The van der Waals surface area contributed by atoms with Crippen molar-refractivity contribution >= 4 is 27.3 Å². The SMILES string of the molecule is CCCc1ccc(N(C)c2cccc(Br)c2)cc1. The Hall–Kier alpha value is -1.28. The van der Waals surface area contributed by atoms with Crippen LogP contribution >= 0.6 is 15.9 Å². The van der Waals surface area contributed by atoms with Crippen molar-refractivity contribution in [2.45, 2.75) is 19.8 Å². The molecule has 94 valence electrons. The fraction of sp³-hybridized carbons (Fsp3) is 0.250. The minimum Gasteiger partial charge on any atom is -0.345 e. The van der Waals surface area contributed by atoms with E-state index in [0.717, 1.165) is 10.9 Å². The average molecular weight is 304 g/mol. The van der Waals surface area contributed by atoms with Gasteiger partial charge in [-0.3, -0.25) is 0 Å². The van der Waals surface area contributed by atoms with E-state index in [2.05, 4.69) is 77.3 Å². The monoisotopic (exact) mass is 303 g/mol. The normalized spacial score (nSPS) is 10.4. The minimum atomic E-state index is 1.11. The first-order chi connectivity index (χ1) is 8.70. The van der Waals surface area contributed by atoms with E-state index in [-0.39, 0.29) is 0 Å². The molecule has 1 nitrogen and oxygen atoms in total. The van der Waals surface area contributed by atoms with Gasteiger partial charge in [-0.25, -0.2) is 0 Å². The highest BCUT2D eigenvalue weighted by atomic mass is 79.9. The van der Waals surface area contributed by atoms with Crippen LogP contribution in [0.15, 0.2) is 53.0 Å². The van der Waals surface area contributed by atoms with Gasteiger partial charge in [-0.2, -0.15) is 0 Å². The van der Waals surface area contributed by atoms with Gasteiger partial charge in [-0.05, 0) is 42.3 Å². The van der Waals surface area contributed by atoms with Crippen LogP contribution in [0.4, 0.5) is 11.4 Å². The van der Waals surface area contributed by atoms with Crippen LogP contribution in [0.3, 0.4) is 0 Å². The van der Waals surface area contributed by atoms with Crippen molar-refractivity contribution in [1.29, 1.82) is 0 Å². The standard InChI is InChI=1S/C16H18BrN/c1-3-5-13-8-10-15(11-9-13)18(2)16-7-4-6-14(17)12-16/h4,6-12H,3,5H2,1-2H3. The first kappa shape index (κ1) is 13.2. The van der Waals surface area contributed by atoms with Gasteiger partial charge < -0.3 is 4.90 Å². The summed E-state index contributed by atoms with van der Waals surface area (Å²) in [5.41, 5.74) is 3.81. The number of hydrogen-bond donors (Lipinski definition) is 0. The smallest absolute Gasteiger partial charge is 0.0419 e. The van der Waals surface area contributed by atoms with E-state index in [1.807, 2.05) is 6.07 Å². The summed E-state index contributed by atoms with van der Waals surface area (Å²) < 4.78 is 1.11. The third-order valence-corrected chi connectivity index (χ3v) is 3.55. The maximum atomic E-state index is 3.51. The minimum absolute atomic E-state index is 1.11. The molecule has 0 radical (unpaired) electrons. The topological polar surface area (TPSA) is 3.24 Å². The second-order valence-electron chi connectivity index (χ2n) is 4.46. The summed E-state index contributed by atoms with van der Waals surface area (Å²) in [6, 6.07) is 17.1. The molecular formula is C16H18BrN. The fourth-order valence-electron chi connectivity index (χ4n) is 2.01. The Balaban J connectivity index is 2.20. The number of hydrogen-bond acceptors (Lipinski definition) is 1. The number of nitrogens with zero attached hydrogens (tertiary/aromatic N) is 1. The molecule has 0 spiro atoms. The van der Waals surface area contributed by atoms with E-state index in [9.17, 15) is 0 Å². The Morgan fingerprint density at radius 2 is 1.72 bits per heavy atom. The van der Waals surface area contributed by atoms with Crippen LogP contribution in [0, 0.1) is 0 Å². The summed E-state index contributed by atoms with van der Waals surface area (Å²) in [5, 5.41) is 0. The molecule has 0 unspecified atom stereocenters. The van der Waals surface area contributed by atoms with Crippen molar-refractivity contribution in [3.63, 3.8) is 0 Å². The molecule has 18 heavy (non-hydrogen) atoms. The number of benzene rings is 2. The van der Waals surface area contributed by atoms with Crippen molar-refractivity contribution in [3.05, 3.63) is 58.6 Å². The van der Waals surface area contributed by atoms with E-state index >= 15 is 0 Å². The van der Waals surface area contributed by atoms with Crippen LogP contribution in [-0.2, 0) is 6.42 Å². The molecular weight excluding hydrogens is 286 g/mol. The highest BCUT2D eigenvalue weighted by Crippen LogP contribution is 2.26. The first-order valence-corrected chi connectivity index (χ1v) is 7.08. The van der Waals surface area contributed by atoms with Crippen molar-refractivity contribution in [2.24, 2.45) is 0 Å². The van der Waals surface area contributed by atoms with Crippen LogP contribution in [0.1, 0.15) is 18.9 Å². The quantitative estimate of drug-likeness (QED) is 0.753. The molecule has 0 aliphatic carbocycles. The lowest BCUT2D eigenvalue weighted by Crippen LogP contribution is -2.09. The number of anilines is 2. The Kier molecular flexibility index (Phi) is 4.43. The van der Waals surface area contributed by atoms with Crippen molar-refractivity contribution in [3.8, 4) is 0 Å². The van der Waals surface area contributed by atoms with Gasteiger partial charge >= 0.3 is 0 Å². The van der Waals surface area contributed by atoms with Gasteiger partial charge in [0.2, 0.25) is 0 Å². The Bertz CT molecular complexity index is 505. The van der Waals surface area contributed by atoms with Crippen molar-refractivity contribution in [1.82, 2.24) is 0 Å². The molecule has 0 aliphatic heterocycles. The fourth-order valence-corrected chi connectivity index (χ4v) is 2.40. The summed E-state index contributed by atoms with van der Waals surface area (Å²) in [4.78, 5) is 2.19. The zero-order valence-electron chi connectivity index (χ0n) is 10.9. The van der Waals surface area contributed by atoms with Crippen LogP contribution in [0.25, 0.3) is 0 Å². The van der Waals surface area contributed by atoms with E-state index in [1.165, 1.54) is 23.4 Å². The van der Waals surface area contributed by atoms with E-state index in [0.29, 0.717) is 0 Å². The second kappa shape index (κ2) is 6.05. The highest BCUT2D eigenvalue weighted by Gasteiger charge is 2.04. The van der Waals surface area contributed by atoms with Gasteiger partial charge in [0.25, 0.3) is 0 Å². The predicted octanol–water partition coefficient (Wildman–Crippen LogP) is 5.17. The molecule has 0 aliphatic rings. The molecule has 0 saturated carbocycles. The van der Waals surface area contributed by atoms with E-state index in [4.69, 9.17) is 0 Å².